The van der Waals surface area contributed by atoms with Crippen LogP contribution in [0.2, 0.25) is 5.02 Å². The zero-order valence-electron chi connectivity index (χ0n) is 15.2. The van der Waals surface area contributed by atoms with Crippen molar-refractivity contribution in [3.05, 3.63) is 29.3 Å². The Hall–Kier alpha value is -2.28. The lowest BCUT2D eigenvalue weighted by molar-refractivity contribution is -0.149. The largest absolute Gasteiger partial charge is 0.488 e. The lowest BCUT2D eigenvalue weighted by atomic mass is 9.73. The molecule has 3 rings (SSSR count). The monoisotopic (exact) mass is 394 g/mol. The van der Waals surface area contributed by atoms with Crippen LogP contribution in [0, 0.1) is 5.92 Å². The van der Waals surface area contributed by atoms with Gasteiger partial charge in [0.05, 0.1) is 5.02 Å². The van der Waals surface area contributed by atoms with Crippen molar-refractivity contribution in [2.45, 2.75) is 38.1 Å². The van der Waals surface area contributed by atoms with E-state index in [2.05, 4.69) is 5.32 Å². The number of para-hydroxylation sites is 1. The molecule has 3 amide bonds. The van der Waals surface area contributed by atoms with Crippen LogP contribution in [-0.4, -0.2) is 48.1 Å². The number of urea groups is 1. The van der Waals surface area contributed by atoms with E-state index in [0.29, 0.717) is 17.2 Å². The molecule has 1 spiro atoms. The van der Waals surface area contributed by atoms with Crippen molar-refractivity contribution >= 4 is 29.5 Å². The minimum atomic E-state index is -0.872. The van der Waals surface area contributed by atoms with Crippen LogP contribution in [0.4, 0.5) is 4.79 Å². The summed E-state index contributed by atoms with van der Waals surface area (Å²) in [6, 6.07) is 6.45. The number of carbonyl (C=O) groups excluding carboxylic acids is 3. The van der Waals surface area contributed by atoms with Gasteiger partial charge in [0.2, 0.25) is 0 Å². The minimum absolute atomic E-state index is 0.00471. The predicted octanol–water partition coefficient (Wildman–Crippen LogP) is 2.76. The molecule has 146 valence electrons. The smallest absolute Gasteiger partial charge is 0.326 e. The zero-order chi connectivity index (χ0) is 19.4. The highest BCUT2D eigenvalue weighted by molar-refractivity contribution is 6.32. The van der Waals surface area contributed by atoms with Crippen LogP contribution in [0.1, 0.15) is 32.6 Å². The van der Waals surface area contributed by atoms with Crippen LogP contribution < -0.4 is 10.1 Å². The quantitative estimate of drug-likeness (QED) is 0.455. The predicted molar refractivity (Wildman–Crippen MR) is 98.5 cm³/mol. The first-order valence-corrected chi connectivity index (χ1v) is 9.49. The highest BCUT2D eigenvalue weighted by Gasteiger charge is 2.55. The summed E-state index contributed by atoms with van der Waals surface area (Å²) in [5.74, 6) is -0.434. The van der Waals surface area contributed by atoms with E-state index in [0.717, 1.165) is 24.2 Å². The normalized spacial score (nSPS) is 24.8. The first kappa shape index (κ1) is 19.5. The maximum Gasteiger partial charge on any atom is 0.326 e. The molecule has 1 aromatic rings. The van der Waals surface area contributed by atoms with E-state index in [1.807, 2.05) is 6.92 Å². The Balaban J connectivity index is 1.48. The third-order valence-electron chi connectivity index (χ3n) is 5.23. The second kappa shape index (κ2) is 8.17. The first-order chi connectivity index (χ1) is 12.9. The maximum atomic E-state index is 12.8. The molecule has 1 aromatic carbocycles. The summed E-state index contributed by atoms with van der Waals surface area (Å²) in [7, 11) is 0. The van der Waals surface area contributed by atoms with Crippen LogP contribution in [-0.2, 0) is 14.3 Å². The molecule has 2 aliphatic rings. The van der Waals surface area contributed by atoms with Crippen molar-refractivity contribution in [3.63, 3.8) is 0 Å². The van der Waals surface area contributed by atoms with E-state index >= 15 is 0 Å². The Bertz CT molecular complexity index is 741. The number of ether oxygens (including phenoxy) is 2. The summed E-state index contributed by atoms with van der Waals surface area (Å²) in [6.45, 7) is 1.68. The number of hydrogen-bond donors (Lipinski definition) is 1. The summed E-state index contributed by atoms with van der Waals surface area (Å²) in [5.41, 5.74) is -0.872. The Morgan fingerprint density at radius 2 is 2.07 bits per heavy atom. The van der Waals surface area contributed by atoms with Crippen molar-refractivity contribution in [3.8, 4) is 5.75 Å². The Morgan fingerprint density at radius 3 is 2.81 bits per heavy atom. The van der Waals surface area contributed by atoms with Crippen LogP contribution in [0.5, 0.6) is 5.75 Å². The molecule has 1 saturated carbocycles. The number of rotatable bonds is 6. The minimum Gasteiger partial charge on any atom is -0.488 e. The number of imide groups is 1. The van der Waals surface area contributed by atoms with Crippen molar-refractivity contribution in [2.75, 3.05) is 19.8 Å². The number of amides is 3. The topological polar surface area (TPSA) is 84.9 Å². The molecule has 2 unspecified atom stereocenters. The Kier molecular flexibility index (Phi) is 5.89. The van der Waals surface area contributed by atoms with Gasteiger partial charge in [-0.05, 0) is 30.9 Å². The van der Waals surface area contributed by atoms with E-state index in [9.17, 15) is 14.4 Å². The molecular formula is C19H23ClN2O5. The van der Waals surface area contributed by atoms with Crippen molar-refractivity contribution in [2.24, 2.45) is 5.92 Å². The Morgan fingerprint density at radius 1 is 1.30 bits per heavy atom. The molecule has 0 bridgehead atoms. The molecule has 2 fully saturated rings. The SMILES string of the molecule is CC1CCCCC12NC(=O)N(CC(=O)OCCOc1ccccc1Cl)C2=O. The fourth-order valence-electron chi connectivity index (χ4n) is 3.68. The summed E-state index contributed by atoms with van der Waals surface area (Å²) >= 11 is 5.97. The molecule has 0 aromatic heterocycles. The van der Waals surface area contributed by atoms with Crippen molar-refractivity contribution < 1.29 is 23.9 Å². The summed E-state index contributed by atoms with van der Waals surface area (Å²) < 4.78 is 10.5. The molecule has 0 radical (unpaired) electrons. The first-order valence-electron chi connectivity index (χ1n) is 9.11. The van der Waals surface area contributed by atoms with E-state index in [-0.39, 0.29) is 25.0 Å². The second-order valence-corrected chi connectivity index (χ2v) is 7.35. The van der Waals surface area contributed by atoms with Gasteiger partial charge in [0.1, 0.15) is 31.0 Å². The summed E-state index contributed by atoms with van der Waals surface area (Å²) in [4.78, 5) is 38.0. The fraction of sp³-hybridized carbons (Fsp3) is 0.526. The average molecular weight is 395 g/mol. The van der Waals surface area contributed by atoms with Crippen LogP contribution in [0.25, 0.3) is 0 Å². The third kappa shape index (κ3) is 4.03. The molecule has 8 heteroatoms. The van der Waals surface area contributed by atoms with E-state index < -0.39 is 24.1 Å². The molecule has 1 aliphatic carbocycles. The van der Waals surface area contributed by atoms with E-state index in [4.69, 9.17) is 21.1 Å². The average Bonchev–Trinajstić information content (AvgIpc) is 2.88. The summed E-state index contributed by atoms with van der Waals surface area (Å²) in [5, 5.41) is 3.28. The third-order valence-corrected chi connectivity index (χ3v) is 5.54. The van der Waals surface area contributed by atoms with Gasteiger partial charge in [0, 0.05) is 0 Å². The molecule has 1 aliphatic heterocycles. The number of carbonyl (C=O) groups is 3. The lowest BCUT2D eigenvalue weighted by Crippen LogP contribution is -2.54. The highest BCUT2D eigenvalue weighted by Crippen LogP contribution is 2.38. The van der Waals surface area contributed by atoms with Gasteiger partial charge in [-0.25, -0.2) is 4.79 Å². The van der Waals surface area contributed by atoms with E-state index in [1.54, 1.807) is 24.3 Å². The number of benzene rings is 1. The van der Waals surface area contributed by atoms with Crippen LogP contribution in [0.15, 0.2) is 24.3 Å². The maximum absolute atomic E-state index is 12.8. The zero-order valence-corrected chi connectivity index (χ0v) is 16.0. The van der Waals surface area contributed by atoms with Gasteiger partial charge in [-0.2, -0.15) is 0 Å². The lowest BCUT2D eigenvalue weighted by Gasteiger charge is -2.36. The number of nitrogens with zero attached hydrogens (tertiary/aromatic N) is 1. The van der Waals surface area contributed by atoms with E-state index in [1.165, 1.54) is 0 Å². The molecule has 27 heavy (non-hydrogen) atoms. The van der Waals surface area contributed by atoms with Gasteiger partial charge in [-0.15, -0.1) is 0 Å². The number of nitrogens with one attached hydrogen (secondary N) is 1. The molecule has 7 nitrogen and oxygen atoms in total. The van der Waals surface area contributed by atoms with Crippen LogP contribution >= 0.6 is 11.6 Å². The van der Waals surface area contributed by atoms with Crippen molar-refractivity contribution in [1.29, 1.82) is 0 Å². The van der Waals surface area contributed by atoms with Gasteiger partial charge in [-0.1, -0.05) is 43.5 Å². The van der Waals surface area contributed by atoms with Crippen molar-refractivity contribution in [1.82, 2.24) is 10.2 Å². The fourth-order valence-corrected chi connectivity index (χ4v) is 3.87. The molecule has 2 atom stereocenters. The number of esters is 1. The van der Waals surface area contributed by atoms with Gasteiger partial charge < -0.3 is 14.8 Å². The molecule has 1 saturated heterocycles. The summed E-state index contributed by atoms with van der Waals surface area (Å²) in [6.07, 6.45) is 3.41. The molecule has 1 N–H and O–H groups in total. The molecular weight excluding hydrogens is 372 g/mol. The number of halogens is 1. The second-order valence-electron chi connectivity index (χ2n) is 6.94. The van der Waals surface area contributed by atoms with Gasteiger partial charge >= 0.3 is 12.0 Å². The van der Waals surface area contributed by atoms with Gasteiger partial charge in [0.15, 0.2) is 0 Å². The molecule has 1 heterocycles. The highest BCUT2D eigenvalue weighted by atomic mass is 35.5. The van der Waals surface area contributed by atoms with Gasteiger partial charge in [-0.3, -0.25) is 14.5 Å². The Labute approximate surface area is 162 Å². The van der Waals surface area contributed by atoms with Crippen LogP contribution in [0.3, 0.4) is 0 Å². The van der Waals surface area contributed by atoms with Gasteiger partial charge in [0.25, 0.3) is 5.91 Å². The standard InChI is InChI=1S/C19H23ClN2O5/c1-13-6-4-5-9-19(13)17(24)22(18(25)21-19)12-16(23)27-11-10-26-15-8-3-2-7-14(15)20/h2-3,7-8,13H,4-6,9-12H2,1H3,(H,21,25). The number of hydrogen-bond acceptors (Lipinski definition) is 5.